The van der Waals surface area contributed by atoms with Crippen molar-refractivity contribution in [3.05, 3.63) is 82.8 Å². The highest BCUT2D eigenvalue weighted by molar-refractivity contribution is 6.01. The third-order valence-corrected chi connectivity index (χ3v) is 11.3. The first-order valence-electron chi connectivity index (χ1n) is 15.0. The summed E-state index contributed by atoms with van der Waals surface area (Å²) in [5, 5.41) is 31.3. The molecule has 2 aromatic rings. The van der Waals surface area contributed by atoms with E-state index < -0.39 is 47.3 Å². The third kappa shape index (κ3) is 3.85. The van der Waals surface area contributed by atoms with Gasteiger partial charge >= 0.3 is 0 Å². The molecule has 3 N–H and O–H groups in total. The lowest BCUT2D eigenvalue weighted by molar-refractivity contribution is -0.203. The van der Waals surface area contributed by atoms with Gasteiger partial charge in [-0.15, -0.1) is 0 Å². The maximum absolute atomic E-state index is 13.7. The van der Waals surface area contributed by atoms with E-state index in [4.69, 9.17) is 13.9 Å². The molecule has 0 bridgehead atoms. The largest absolute Gasteiger partial charge is 0.460 e. The van der Waals surface area contributed by atoms with Gasteiger partial charge in [0.1, 0.15) is 12.4 Å². The Balaban J connectivity index is 1.17. The zero-order valence-corrected chi connectivity index (χ0v) is 24.0. The van der Waals surface area contributed by atoms with Crippen molar-refractivity contribution in [3.63, 3.8) is 0 Å². The summed E-state index contributed by atoms with van der Waals surface area (Å²) in [6, 6.07) is 11.3. The Morgan fingerprint density at radius 3 is 2.57 bits per heavy atom. The van der Waals surface area contributed by atoms with Crippen molar-refractivity contribution in [2.45, 2.75) is 76.7 Å². The minimum atomic E-state index is -1.41. The number of Topliss-reactive ketones (excluding diaryl/α,β-unsaturated/α-hetero) is 1. The summed E-state index contributed by atoms with van der Waals surface area (Å²) in [6.07, 6.45) is 6.13. The molecule has 0 spiro atoms. The van der Waals surface area contributed by atoms with E-state index in [0.29, 0.717) is 30.8 Å². The molecule has 5 aliphatic rings. The van der Waals surface area contributed by atoms with E-state index in [0.717, 1.165) is 29.5 Å². The number of aliphatic hydroxyl groups excluding tert-OH is 3. The Kier molecular flexibility index (Phi) is 6.53. The summed E-state index contributed by atoms with van der Waals surface area (Å²) in [7, 11) is 0. The molecule has 1 aliphatic heterocycles. The van der Waals surface area contributed by atoms with Crippen molar-refractivity contribution in [1.29, 1.82) is 0 Å². The van der Waals surface area contributed by atoms with E-state index in [2.05, 4.69) is 6.92 Å². The number of ketones is 2. The molecular formula is C34H38O8. The molecule has 0 unspecified atom stereocenters. The first-order valence-corrected chi connectivity index (χ1v) is 15.0. The Morgan fingerprint density at radius 2 is 1.83 bits per heavy atom. The molecule has 0 amide bonds. The highest BCUT2D eigenvalue weighted by Gasteiger charge is 2.76. The van der Waals surface area contributed by atoms with Crippen LogP contribution in [0.2, 0.25) is 0 Å². The normalized spacial score (nSPS) is 40.2. The number of aliphatic hydroxyl groups is 3. The summed E-state index contributed by atoms with van der Waals surface area (Å²) in [5.74, 6) is 0.793. The molecule has 1 aromatic heterocycles. The first kappa shape index (κ1) is 27.9. The third-order valence-electron chi connectivity index (χ3n) is 11.3. The molecule has 8 heteroatoms. The second kappa shape index (κ2) is 9.82. The summed E-state index contributed by atoms with van der Waals surface area (Å²) >= 11 is 0. The van der Waals surface area contributed by atoms with Crippen LogP contribution in [-0.4, -0.2) is 51.3 Å². The van der Waals surface area contributed by atoms with E-state index in [1.54, 1.807) is 18.2 Å². The monoisotopic (exact) mass is 574 g/mol. The number of carbonyl (C=O) groups is 2. The lowest BCUT2D eigenvalue weighted by Gasteiger charge is -2.59. The van der Waals surface area contributed by atoms with Crippen LogP contribution in [0.15, 0.2) is 64.6 Å². The van der Waals surface area contributed by atoms with Gasteiger partial charge in [-0.2, -0.15) is 0 Å². The number of benzene rings is 1. The van der Waals surface area contributed by atoms with Crippen molar-refractivity contribution in [2.24, 2.45) is 28.6 Å². The fourth-order valence-corrected chi connectivity index (χ4v) is 9.39. The van der Waals surface area contributed by atoms with E-state index in [9.17, 15) is 24.9 Å². The second-order valence-electron chi connectivity index (χ2n) is 13.3. The van der Waals surface area contributed by atoms with Crippen LogP contribution in [0.1, 0.15) is 68.5 Å². The van der Waals surface area contributed by atoms with Crippen LogP contribution < -0.4 is 0 Å². The molecule has 0 radical (unpaired) electrons. The van der Waals surface area contributed by atoms with Gasteiger partial charge < -0.3 is 29.2 Å². The van der Waals surface area contributed by atoms with Gasteiger partial charge in [-0.05, 0) is 72.9 Å². The summed E-state index contributed by atoms with van der Waals surface area (Å²) < 4.78 is 19.2. The summed E-state index contributed by atoms with van der Waals surface area (Å²) in [5.41, 5.74) is 0.351. The van der Waals surface area contributed by atoms with Crippen LogP contribution >= 0.6 is 0 Å². The molecule has 1 saturated heterocycles. The number of furan rings is 1. The van der Waals surface area contributed by atoms with Crippen molar-refractivity contribution in [3.8, 4) is 0 Å². The van der Waals surface area contributed by atoms with Crippen LogP contribution in [0.5, 0.6) is 0 Å². The molecule has 9 atom stereocenters. The predicted molar refractivity (Wildman–Crippen MR) is 151 cm³/mol. The van der Waals surface area contributed by atoms with Crippen LogP contribution in [-0.2, 0) is 32.1 Å². The molecule has 8 nitrogen and oxygen atoms in total. The highest BCUT2D eigenvalue weighted by Crippen LogP contribution is 2.70. The highest BCUT2D eigenvalue weighted by atomic mass is 16.8. The van der Waals surface area contributed by atoms with Gasteiger partial charge in [0.25, 0.3) is 0 Å². The Morgan fingerprint density at radius 1 is 1.07 bits per heavy atom. The molecule has 4 aliphatic carbocycles. The zero-order chi connectivity index (χ0) is 29.4. The number of carbonyl (C=O) groups excluding carboxylic acids is 2. The Labute approximate surface area is 245 Å². The van der Waals surface area contributed by atoms with Crippen molar-refractivity contribution >= 4 is 11.6 Å². The van der Waals surface area contributed by atoms with Crippen LogP contribution in [0.3, 0.4) is 0 Å². The number of hydrogen-bond donors (Lipinski definition) is 3. The molecule has 7 rings (SSSR count). The van der Waals surface area contributed by atoms with Gasteiger partial charge in [0.2, 0.25) is 6.29 Å². The average Bonchev–Trinajstić information content (AvgIpc) is 3.66. The number of allylic oxidation sites excluding steroid dienone is 4. The van der Waals surface area contributed by atoms with Gasteiger partial charge in [0.15, 0.2) is 22.9 Å². The lowest BCUT2D eigenvalue weighted by Crippen LogP contribution is -2.63. The molecule has 4 fully saturated rings. The van der Waals surface area contributed by atoms with E-state index in [1.807, 2.05) is 43.3 Å². The molecule has 42 heavy (non-hydrogen) atoms. The first-order chi connectivity index (χ1) is 20.1. The average molecular weight is 575 g/mol. The van der Waals surface area contributed by atoms with Crippen molar-refractivity contribution in [2.75, 3.05) is 6.61 Å². The maximum Gasteiger partial charge on any atom is 0.218 e. The molecule has 2 heterocycles. The molecule has 222 valence electrons. The van der Waals surface area contributed by atoms with Gasteiger partial charge in [-0.3, -0.25) is 9.59 Å². The minimum Gasteiger partial charge on any atom is -0.460 e. The van der Waals surface area contributed by atoms with Crippen molar-refractivity contribution < 1.29 is 38.8 Å². The van der Waals surface area contributed by atoms with Crippen LogP contribution in [0, 0.1) is 28.6 Å². The lowest BCUT2D eigenvalue weighted by atomic mass is 9.46. The standard InChI is InChI=1S/C34H38O8/c1-32-12-11-22(37)14-21(32)7-9-24-25-15-29-34(28(39)18-36,33(25,2)16-26(38)30(24)32)42-31(41-29)27-10-8-23(40-27)13-19-3-5-20(17-35)6-4-19/h3-6,8,10-12,14,24-26,29-31,35-36,38H,7,9,13,15-18H2,1-2H3/t24-,25-,26-,29+,30+,31+,32-,33-,34+/m0/s1. The number of rotatable bonds is 6. The van der Waals surface area contributed by atoms with Gasteiger partial charge in [-0.1, -0.05) is 49.8 Å². The molecule has 3 saturated carbocycles. The minimum absolute atomic E-state index is 0.00696. The predicted octanol–water partition coefficient (Wildman–Crippen LogP) is 3.97. The van der Waals surface area contributed by atoms with Crippen molar-refractivity contribution in [1.82, 2.24) is 0 Å². The number of fused-ring (bicyclic) bond motifs is 7. The summed E-state index contributed by atoms with van der Waals surface area (Å²) in [6.45, 7) is 3.45. The van der Waals surface area contributed by atoms with E-state index >= 15 is 0 Å². The molecule has 1 aromatic carbocycles. The quantitative estimate of drug-likeness (QED) is 0.473. The van der Waals surface area contributed by atoms with Gasteiger partial charge in [0, 0.05) is 23.2 Å². The van der Waals surface area contributed by atoms with E-state index in [-0.39, 0.29) is 30.1 Å². The number of hydrogen-bond acceptors (Lipinski definition) is 8. The van der Waals surface area contributed by atoms with Crippen LogP contribution in [0.25, 0.3) is 0 Å². The smallest absolute Gasteiger partial charge is 0.218 e. The zero-order valence-electron chi connectivity index (χ0n) is 24.0. The number of ether oxygens (including phenoxy) is 2. The molecular weight excluding hydrogens is 536 g/mol. The second-order valence-corrected chi connectivity index (χ2v) is 13.3. The van der Waals surface area contributed by atoms with Gasteiger partial charge in [0.05, 0.1) is 18.8 Å². The fraction of sp³-hybridized carbons (Fsp3) is 0.529. The fourth-order valence-electron chi connectivity index (χ4n) is 9.39. The van der Waals surface area contributed by atoms with Crippen LogP contribution in [0.4, 0.5) is 0 Å². The Hall–Kier alpha value is -2.88. The maximum atomic E-state index is 13.7. The SMILES string of the molecule is C[C@]12C=CC(=O)C=C1CC[C@@H]1[C@@H]2[C@@H](O)C[C@@]2(C)[C@H]1C[C@H]1O[C@@H](c3ccc(Cc4ccc(CO)cc4)o3)O[C@]12C(=O)CO. The van der Waals surface area contributed by atoms with E-state index in [1.165, 1.54) is 0 Å². The Bertz CT molecular complexity index is 1470. The topological polar surface area (TPSA) is 126 Å². The van der Waals surface area contributed by atoms with Gasteiger partial charge in [-0.25, -0.2) is 0 Å². The summed E-state index contributed by atoms with van der Waals surface area (Å²) in [4.78, 5) is 25.9.